The van der Waals surface area contributed by atoms with Crippen LogP contribution in [0.1, 0.15) is 17.0 Å². The van der Waals surface area contributed by atoms with Crippen molar-refractivity contribution in [2.75, 3.05) is 5.43 Å². The van der Waals surface area contributed by atoms with E-state index in [0.29, 0.717) is 5.02 Å². The van der Waals surface area contributed by atoms with Gasteiger partial charge in [-0.25, -0.2) is 0 Å². The number of nitrogens with zero attached hydrogens (tertiary/aromatic N) is 3. The fraction of sp³-hybridized carbons (Fsp3) is 0.133. The molecule has 0 spiro atoms. The molecule has 5 nitrogen and oxygen atoms in total. The molecule has 0 atom stereocenters. The van der Waals surface area contributed by atoms with Crippen LogP contribution in [0.4, 0.5) is 5.69 Å². The monoisotopic (exact) mass is 300 g/mol. The van der Waals surface area contributed by atoms with Crippen LogP contribution in [0.2, 0.25) is 5.02 Å². The van der Waals surface area contributed by atoms with Crippen LogP contribution >= 0.6 is 11.6 Å². The number of aryl methyl sites for hydroxylation is 2. The van der Waals surface area contributed by atoms with Gasteiger partial charge in [-0.1, -0.05) is 16.8 Å². The highest BCUT2D eigenvalue weighted by Gasteiger charge is 2.06. The molecule has 0 unspecified atom stereocenters. The number of pyridine rings is 1. The van der Waals surface area contributed by atoms with Crippen molar-refractivity contribution >= 4 is 34.4 Å². The van der Waals surface area contributed by atoms with Gasteiger partial charge < -0.3 is 4.52 Å². The van der Waals surface area contributed by atoms with Crippen LogP contribution in [0.3, 0.4) is 0 Å². The van der Waals surface area contributed by atoms with Crippen LogP contribution in [0.5, 0.6) is 0 Å². The molecule has 21 heavy (non-hydrogen) atoms. The van der Waals surface area contributed by atoms with Crippen LogP contribution in [0.15, 0.2) is 40.1 Å². The van der Waals surface area contributed by atoms with Gasteiger partial charge in [0.1, 0.15) is 5.76 Å². The van der Waals surface area contributed by atoms with Crippen molar-refractivity contribution in [3.8, 4) is 0 Å². The molecule has 0 amide bonds. The number of halogens is 1. The summed E-state index contributed by atoms with van der Waals surface area (Å²) >= 11 is 5.97. The summed E-state index contributed by atoms with van der Waals surface area (Å²) in [5.41, 5.74) is 6.39. The first-order chi connectivity index (χ1) is 10.1. The molecule has 2 aromatic heterocycles. The Balaban J connectivity index is 1.89. The minimum Gasteiger partial charge on any atom is -0.361 e. The Morgan fingerprint density at radius 1 is 1.29 bits per heavy atom. The zero-order valence-corrected chi connectivity index (χ0v) is 12.3. The Kier molecular flexibility index (Phi) is 3.58. The normalized spacial score (nSPS) is 11.4. The molecular formula is C15H13ClN4O. The highest BCUT2D eigenvalue weighted by atomic mass is 35.5. The summed E-state index contributed by atoms with van der Waals surface area (Å²) in [5, 5.41) is 9.74. The van der Waals surface area contributed by atoms with Crippen LogP contribution in [-0.4, -0.2) is 16.4 Å². The lowest BCUT2D eigenvalue weighted by molar-refractivity contribution is 0.393. The molecule has 0 fully saturated rings. The molecule has 0 aliphatic rings. The summed E-state index contributed by atoms with van der Waals surface area (Å²) in [6.45, 7) is 3.73. The van der Waals surface area contributed by atoms with Gasteiger partial charge in [-0.2, -0.15) is 5.10 Å². The Morgan fingerprint density at radius 2 is 2.14 bits per heavy atom. The highest BCUT2D eigenvalue weighted by molar-refractivity contribution is 6.31. The minimum atomic E-state index is 0.659. The first-order valence-corrected chi connectivity index (χ1v) is 6.79. The molecule has 0 radical (unpaired) electrons. The third-order valence-electron chi connectivity index (χ3n) is 3.17. The molecule has 1 aromatic carbocycles. The fourth-order valence-electron chi connectivity index (χ4n) is 2.06. The molecular weight excluding hydrogens is 288 g/mol. The van der Waals surface area contributed by atoms with E-state index in [0.717, 1.165) is 33.6 Å². The standard InChI is InChI=1S/C15H13ClN4O/c1-9-13(10(2)21-20-9)8-18-19-14-5-6-17-15-7-11(16)3-4-12(14)15/h3-8H,1-2H3,(H,17,19)/b18-8+. The molecule has 3 aromatic rings. The topological polar surface area (TPSA) is 63.3 Å². The number of hydrogen-bond donors (Lipinski definition) is 1. The second kappa shape index (κ2) is 5.54. The first-order valence-electron chi connectivity index (χ1n) is 6.41. The molecule has 0 aliphatic carbocycles. The molecule has 0 aliphatic heterocycles. The van der Waals surface area contributed by atoms with E-state index in [9.17, 15) is 0 Å². The maximum Gasteiger partial charge on any atom is 0.142 e. The van der Waals surface area contributed by atoms with Crippen molar-refractivity contribution < 1.29 is 4.52 Å². The van der Waals surface area contributed by atoms with Gasteiger partial charge in [0.15, 0.2) is 0 Å². The van der Waals surface area contributed by atoms with Crippen molar-refractivity contribution in [1.82, 2.24) is 10.1 Å². The summed E-state index contributed by atoms with van der Waals surface area (Å²) < 4.78 is 5.09. The fourth-order valence-corrected chi connectivity index (χ4v) is 2.23. The zero-order chi connectivity index (χ0) is 14.8. The summed E-state index contributed by atoms with van der Waals surface area (Å²) in [6.07, 6.45) is 3.41. The summed E-state index contributed by atoms with van der Waals surface area (Å²) in [6, 6.07) is 7.42. The Morgan fingerprint density at radius 3 is 2.90 bits per heavy atom. The number of rotatable bonds is 3. The zero-order valence-electron chi connectivity index (χ0n) is 11.6. The Bertz CT molecular complexity index is 806. The van der Waals surface area contributed by atoms with Gasteiger partial charge in [-0.05, 0) is 38.1 Å². The van der Waals surface area contributed by atoms with Crippen LogP contribution in [-0.2, 0) is 0 Å². The Labute approximate surface area is 126 Å². The molecule has 0 saturated carbocycles. The van der Waals surface area contributed by atoms with Gasteiger partial charge in [0.25, 0.3) is 0 Å². The summed E-state index contributed by atoms with van der Waals surface area (Å²) in [5.74, 6) is 0.740. The van der Waals surface area contributed by atoms with Gasteiger partial charge in [0.2, 0.25) is 0 Å². The number of nitrogens with one attached hydrogen (secondary N) is 1. The first kappa shape index (κ1) is 13.6. The second-order valence-corrected chi connectivity index (χ2v) is 5.06. The molecule has 0 saturated heterocycles. The van der Waals surface area contributed by atoms with Crippen molar-refractivity contribution in [2.24, 2.45) is 5.10 Å². The molecule has 0 bridgehead atoms. The van der Waals surface area contributed by atoms with E-state index in [2.05, 4.69) is 20.7 Å². The van der Waals surface area contributed by atoms with Gasteiger partial charge in [0.05, 0.1) is 28.7 Å². The second-order valence-electron chi connectivity index (χ2n) is 4.63. The smallest absolute Gasteiger partial charge is 0.142 e. The minimum absolute atomic E-state index is 0.659. The van der Waals surface area contributed by atoms with Gasteiger partial charge >= 0.3 is 0 Å². The lowest BCUT2D eigenvalue weighted by atomic mass is 10.2. The number of aromatic nitrogens is 2. The van der Waals surface area contributed by atoms with Gasteiger partial charge in [-0.3, -0.25) is 10.4 Å². The quantitative estimate of drug-likeness (QED) is 0.588. The maximum absolute atomic E-state index is 5.97. The SMILES string of the molecule is Cc1noc(C)c1/C=N/Nc1ccnc2cc(Cl)ccc12. The van der Waals surface area contributed by atoms with Crippen LogP contribution < -0.4 is 5.43 Å². The average molecular weight is 301 g/mol. The van der Waals surface area contributed by atoms with E-state index in [1.54, 1.807) is 12.4 Å². The molecule has 6 heteroatoms. The summed E-state index contributed by atoms with van der Waals surface area (Å²) in [4.78, 5) is 4.29. The van der Waals surface area contributed by atoms with E-state index in [1.165, 1.54) is 0 Å². The predicted octanol–water partition coefficient (Wildman–Crippen LogP) is 3.94. The third kappa shape index (κ3) is 2.73. The van der Waals surface area contributed by atoms with E-state index in [4.69, 9.17) is 16.1 Å². The molecule has 2 heterocycles. The van der Waals surface area contributed by atoms with Crippen molar-refractivity contribution in [3.63, 3.8) is 0 Å². The highest BCUT2D eigenvalue weighted by Crippen LogP contribution is 2.24. The van der Waals surface area contributed by atoms with E-state index < -0.39 is 0 Å². The number of fused-ring (bicyclic) bond motifs is 1. The van der Waals surface area contributed by atoms with E-state index >= 15 is 0 Å². The maximum atomic E-state index is 5.97. The number of hydrogen-bond acceptors (Lipinski definition) is 5. The lowest BCUT2D eigenvalue weighted by Gasteiger charge is -2.05. The van der Waals surface area contributed by atoms with E-state index in [1.807, 2.05) is 38.1 Å². The average Bonchev–Trinajstić information content (AvgIpc) is 2.78. The summed E-state index contributed by atoms with van der Waals surface area (Å²) in [7, 11) is 0. The molecule has 1 N–H and O–H groups in total. The largest absolute Gasteiger partial charge is 0.361 e. The van der Waals surface area contributed by atoms with Crippen LogP contribution in [0.25, 0.3) is 10.9 Å². The Hall–Kier alpha value is -2.40. The number of anilines is 1. The van der Waals surface area contributed by atoms with Gasteiger partial charge in [-0.15, -0.1) is 0 Å². The van der Waals surface area contributed by atoms with Crippen LogP contribution in [0, 0.1) is 13.8 Å². The lowest BCUT2D eigenvalue weighted by Crippen LogP contribution is -1.94. The van der Waals surface area contributed by atoms with Crippen molar-refractivity contribution in [3.05, 3.63) is 52.5 Å². The van der Waals surface area contributed by atoms with Gasteiger partial charge in [0, 0.05) is 16.6 Å². The number of benzene rings is 1. The molecule has 3 rings (SSSR count). The van der Waals surface area contributed by atoms with E-state index in [-0.39, 0.29) is 0 Å². The number of hydrazone groups is 1. The van der Waals surface area contributed by atoms with Crippen molar-refractivity contribution in [1.29, 1.82) is 0 Å². The molecule has 106 valence electrons. The third-order valence-corrected chi connectivity index (χ3v) is 3.41. The predicted molar refractivity (Wildman–Crippen MR) is 83.9 cm³/mol. The van der Waals surface area contributed by atoms with Crippen molar-refractivity contribution in [2.45, 2.75) is 13.8 Å².